The number of anilines is 1. The third-order valence-corrected chi connectivity index (χ3v) is 6.97. The lowest BCUT2D eigenvalue weighted by molar-refractivity contribution is -0.119. The average molecular weight is 474 g/mol. The van der Waals surface area contributed by atoms with E-state index in [9.17, 15) is 9.59 Å². The number of aryl methyl sites for hydroxylation is 2. The van der Waals surface area contributed by atoms with Crippen molar-refractivity contribution in [2.75, 3.05) is 5.32 Å². The maximum atomic E-state index is 13.4. The van der Waals surface area contributed by atoms with Crippen LogP contribution in [-0.4, -0.2) is 33.0 Å². The van der Waals surface area contributed by atoms with Crippen molar-refractivity contribution in [3.8, 4) is 11.1 Å². The van der Waals surface area contributed by atoms with E-state index < -0.39 is 6.04 Å². The zero-order valence-electron chi connectivity index (χ0n) is 21.0. The van der Waals surface area contributed by atoms with E-state index in [1.807, 2.05) is 57.3 Å². The molecule has 0 radical (unpaired) electrons. The lowest BCUT2D eigenvalue weighted by Crippen LogP contribution is -2.49. The van der Waals surface area contributed by atoms with Crippen LogP contribution in [-0.2, 0) is 4.79 Å². The van der Waals surface area contributed by atoms with Crippen LogP contribution in [0.5, 0.6) is 0 Å². The number of benzene rings is 1. The van der Waals surface area contributed by atoms with Crippen molar-refractivity contribution in [2.45, 2.75) is 71.8 Å². The molecule has 0 saturated heterocycles. The Morgan fingerprint density at radius 2 is 1.74 bits per heavy atom. The molecule has 1 aliphatic carbocycles. The Balaban J connectivity index is 1.52. The summed E-state index contributed by atoms with van der Waals surface area (Å²) in [5.74, 6) is -0.194. The summed E-state index contributed by atoms with van der Waals surface area (Å²) in [6.45, 7) is 8.09. The van der Waals surface area contributed by atoms with Gasteiger partial charge >= 0.3 is 0 Å². The highest BCUT2D eigenvalue weighted by atomic mass is 16.2. The molecule has 1 aliphatic rings. The maximum Gasteiger partial charge on any atom is 0.255 e. The zero-order valence-corrected chi connectivity index (χ0v) is 21.0. The Hall–Kier alpha value is -3.48. The monoisotopic (exact) mass is 473 g/mol. The fourth-order valence-corrected chi connectivity index (χ4v) is 5.07. The first-order valence-corrected chi connectivity index (χ1v) is 12.5. The summed E-state index contributed by atoms with van der Waals surface area (Å²) < 4.78 is 0. The average Bonchev–Trinajstić information content (AvgIpc) is 3.34. The van der Waals surface area contributed by atoms with Crippen molar-refractivity contribution in [1.82, 2.24) is 20.5 Å². The van der Waals surface area contributed by atoms with E-state index in [4.69, 9.17) is 0 Å². The first-order chi connectivity index (χ1) is 16.8. The number of H-pyrrole nitrogens is 1. The molecule has 3 aromatic rings. The molecule has 1 aromatic carbocycles. The standard InChI is InChI=1S/C28H35N5O2/c1-17(2)25-23(16-30-33-25)27(34)32-26(21-8-6-5-7-9-21)28(35)31-22-12-10-20(11-13-22)24-18(3)14-15-29-19(24)4/h10-17,21,26H,5-9H2,1-4H3,(H,30,33)(H,31,35)(H,32,34). The minimum absolute atomic E-state index is 0.113. The number of nitrogens with one attached hydrogen (secondary N) is 3. The Morgan fingerprint density at radius 1 is 1.03 bits per heavy atom. The van der Waals surface area contributed by atoms with Gasteiger partial charge in [-0.15, -0.1) is 0 Å². The molecule has 35 heavy (non-hydrogen) atoms. The fraction of sp³-hybridized carbons (Fsp3) is 0.429. The molecule has 1 fully saturated rings. The minimum Gasteiger partial charge on any atom is -0.340 e. The van der Waals surface area contributed by atoms with Crippen molar-refractivity contribution in [3.63, 3.8) is 0 Å². The van der Waals surface area contributed by atoms with E-state index in [0.717, 1.165) is 53.8 Å². The summed E-state index contributed by atoms with van der Waals surface area (Å²) in [5.41, 5.74) is 6.29. The third-order valence-electron chi connectivity index (χ3n) is 6.97. The molecule has 0 spiro atoms. The molecule has 2 heterocycles. The molecule has 1 atom stereocenters. The molecule has 184 valence electrons. The number of amides is 2. The predicted molar refractivity (Wildman–Crippen MR) is 138 cm³/mol. The zero-order chi connectivity index (χ0) is 24.9. The molecule has 1 unspecified atom stereocenters. The number of hydrogen-bond donors (Lipinski definition) is 3. The second-order valence-corrected chi connectivity index (χ2v) is 9.86. The van der Waals surface area contributed by atoms with Gasteiger partial charge in [0.2, 0.25) is 5.91 Å². The van der Waals surface area contributed by atoms with Crippen LogP contribution in [0.4, 0.5) is 5.69 Å². The number of aromatic amines is 1. The van der Waals surface area contributed by atoms with Crippen molar-refractivity contribution < 1.29 is 9.59 Å². The smallest absolute Gasteiger partial charge is 0.255 e. The highest BCUT2D eigenvalue weighted by Crippen LogP contribution is 2.29. The van der Waals surface area contributed by atoms with Crippen LogP contribution in [0.3, 0.4) is 0 Å². The Kier molecular flexibility index (Phi) is 7.63. The molecule has 2 aromatic heterocycles. The van der Waals surface area contributed by atoms with Crippen molar-refractivity contribution in [2.24, 2.45) is 5.92 Å². The van der Waals surface area contributed by atoms with Crippen LogP contribution in [0, 0.1) is 19.8 Å². The normalized spacial score (nSPS) is 15.1. The largest absolute Gasteiger partial charge is 0.340 e. The molecule has 3 N–H and O–H groups in total. The van der Waals surface area contributed by atoms with E-state index in [2.05, 4.69) is 32.7 Å². The third kappa shape index (κ3) is 5.61. The molecule has 4 rings (SSSR count). The van der Waals surface area contributed by atoms with Crippen molar-refractivity contribution >= 4 is 17.5 Å². The van der Waals surface area contributed by atoms with Gasteiger partial charge in [0.05, 0.1) is 17.5 Å². The summed E-state index contributed by atoms with van der Waals surface area (Å²) in [6, 6.07) is 9.22. The number of carbonyl (C=O) groups excluding carboxylic acids is 2. The van der Waals surface area contributed by atoms with Crippen molar-refractivity contribution in [3.05, 3.63) is 65.2 Å². The van der Waals surface area contributed by atoms with E-state index in [1.165, 1.54) is 6.42 Å². The van der Waals surface area contributed by atoms with Gasteiger partial charge in [0.1, 0.15) is 6.04 Å². The second kappa shape index (κ2) is 10.8. The fourth-order valence-electron chi connectivity index (χ4n) is 5.07. The summed E-state index contributed by atoms with van der Waals surface area (Å²) in [6.07, 6.45) is 8.54. The molecule has 7 nitrogen and oxygen atoms in total. The lowest BCUT2D eigenvalue weighted by Gasteiger charge is -2.30. The quantitative estimate of drug-likeness (QED) is 0.420. The maximum absolute atomic E-state index is 13.4. The van der Waals surface area contributed by atoms with E-state index in [-0.39, 0.29) is 23.7 Å². The first kappa shape index (κ1) is 24.6. The van der Waals surface area contributed by atoms with Gasteiger partial charge in [-0.2, -0.15) is 5.10 Å². The molecule has 7 heteroatoms. The number of nitrogens with zero attached hydrogens (tertiary/aromatic N) is 2. The van der Waals surface area contributed by atoms with Crippen LogP contribution < -0.4 is 10.6 Å². The predicted octanol–water partition coefficient (Wildman–Crippen LogP) is 5.53. The number of hydrogen-bond acceptors (Lipinski definition) is 4. The number of pyridine rings is 1. The molecule has 0 bridgehead atoms. The summed E-state index contributed by atoms with van der Waals surface area (Å²) in [4.78, 5) is 31.0. The lowest BCUT2D eigenvalue weighted by atomic mass is 9.83. The highest BCUT2D eigenvalue weighted by molar-refractivity contribution is 6.01. The highest BCUT2D eigenvalue weighted by Gasteiger charge is 2.32. The number of rotatable bonds is 7. The topological polar surface area (TPSA) is 99.8 Å². The first-order valence-electron chi connectivity index (χ1n) is 12.5. The Labute approximate surface area is 207 Å². The van der Waals surface area contributed by atoms with Gasteiger partial charge < -0.3 is 10.6 Å². The number of aromatic nitrogens is 3. The minimum atomic E-state index is -0.597. The van der Waals surface area contributed by atoms with Gasteiger partial charge in [-0.25, -0.2) is 0 Å². The van der Waals surface area contributed by atoms with Gasteiger partial charge in [0, 0.05) is 23.1 Å². The van der Waals surface area contributed by atoms with E-state index in [0.29, 0.717) is 11.3 Å². The van der Waals surface area contributed by atoms with E-state index in [1.54, 1.807) is 6.20 Å². The van der Waals surface area contributed by atoms with Crippen LogP contribution in [0.25, 0.3) is 11.1 Å². The Bertz CT molecular complexity index is 1160. The van der Waals surface area contributed by atoms with Gasteiger partial charge in [-0.05, 0) is 67.9 Å². The van der Waals surface area contributed by atoms with Crippen molar-refractivity contribution in [1.29, 1.82) is 0 Å². The van der Waals surface area contributed by atoms with Gasteiger partial charge in [-0.3, -0.25) is 19.7 Å². The summed E-state index contributed by atoms with van der Waals surface area (Å²) >= 11 is 0. The van der Waals surface area contributed by atoms with Gasteiger partial charge in [0.25, 0.3) is 5.91 Å². The van der Waals surface area contributed by atoms with Gasteiger partial charge in [0.15, 0.2) is 0 Å². The molecular formula is C28H35N5O2. The SMILES string of the molecule is Cc1ccnc(C)c1-c1ccc(NC(=O)C(NC(=O)c2cn[nH]c2C(C)C)C2CCCCC2)cc1. The molecule has 2 amide bonds. The second-order valence-electron chi connectivity index (χ2n) is 9.86. The molecular weight excluding hydrogens is 438 g/mol. The summed E-state index contributed by atoms with van der Waals surface area (Å²) in [5, 5.41) is 13.1. The van der Waals surface area contributed by atoms with Crippen LogP contribution in [0.1, 0.15) is 79.2 Å². The van der Waals surface area contributed by atoms with Gasteiger partial charge in [-0.1, -0.05) is 45.2 Å². The molecule has 0 aliphatic heterocycles. The van der Waals surface area contributed by atoms with Crippen LogP contribution in [0.15, 0.2) is 42.7 Å². The van der Waals surface area contributed by atoms with E-state index >= 15 is 0 Å². The summed E-state index contributed by atoms with van der Waals surface area (Å²) in [7, 11) is 0. The van der Waals surface area contributed by atoms with Crippen LogP contribution >= 0.6 is 0 Å². The molecule has 1 saturated carbocycles. The number of carbonyl (C=O) groups is 2. The Morgan fingerprint density at radius 3 is 2.40 bits per heavy atom. The van der Waals surface area contributed by atoms with Crippen LogP contribution in [0.2, 0.25) is 0 Å².